The van der Waals surface area contributed by atoms with Gasteiger partial charge < -0.3 is 0 Å². The topological polar surface area (TPSA) is 0 Å². The predicted octanol–water partition coefficient (Wildman–Crippen LogP) is 2.56. The van der Waals surface area contributed by atoms with Crippen molar-refractivity contribution >= 4 is 0 Å². The molecule has 1 aromatic rings. The maximum absolute atomic E-state index is 12.3. The van der Waals surface area contributed by atoms with Crippen LogP contribution in [-0.4, -0.2) is 0 Å². The molecule has 1 rings (SSSR count). The number of benzene rings is 1. The summed E-state index contributed by atoms with van der Waals surface area (Å²) < 4.78 is 35.9. The molecule has 3 heteroatoms. The van der Waals surface area contributed by atoms with Crippen molar-refractivity contribution in [2.24, 2.45) is 0 Å². The van der Waals surface area contributed by atoms with Gasteiger partial charge in [-0.1, -0.05) is 6.07 Å². The van der Waals surface area contributed by atoms with Crippen LogP contribution in [0.15, 0.2) is 18.2 Å². The standard InChI is InChI=1S/C7H4F3/c8-6-4-2-1-3-5(6)7(9)10/h2-4,7H. The molecule has 0 spiro atoms. The van der Waals surface area contributed by atoms with Gasteiger partial charge in [-0.2, -0.15) is 0 Å². The molecule has 0 aromatic heterocycles. The zero-order chi connectivity index (χ0) is 7.56. The summed E-state index contributed by atoms with van der Waals surface area (Å²) in [7, 11) is 0. The second-order valence-corrected chi connectivity index (χ2v) is 1.75. The van der Waals surface area contributed by atoms with Gasteiger partial charge in [0, 0.05) is 0 Å². The van der Waals surface area contributed by atoms with Crippen LogP contribution in [0.25, 0.3) is 0 Å². The fourth-order valence-electron chi connectivity index (χ4n) is 0.592. The quantitative estimate of drug-likeness (QED) is 0.569. The Bertz CT molecular complexity index is 220. The van der Waals surface area contributed by atoms with Gasteiger partial charge in [-0.05, 0) is 18.2 Å². The third-order valence-electron chi connectivity index (χ3n) is 1.08. The zero-order valence-electron chi connectivity index (χ0n) is 4.94. The maximum Gasteiger partial charge on any atom is 0.266 e. The van der Waals surface area contributed by atoms with E-state index in [1.807, 2.05) is 0 Å². The van der Waals surface area contributed by atoms with E-state index < -0.39 is 17.8 Å². The van der Waals surface area contributed by atoms with E-state index in [2.05, 4.69) is 6.07 Å². The lowest BCUT2D eigenvalue weighted by Crippen LogP contribution is -1.88. The van der Waals surface area contributed by atoms with Gasteiger partial charge in [0.15, 0.2) is 0 Å². The molecule has 0 unspecified atom stereocenters. The van der Waals surface area contributed by atoms with E-state index >= 15 is 0 Å². The average Bonchev–Trinajstić information content (AvgIpc) is 1.88. The second kappa shape index (κ2) is 2.73. The highest BCUT2D eigenvalue weighted by Gasteiger charge is 2.10. The summed E-state index contributed by atoms with van der Waals surface area (Å²) in [6, 6.07) is 5.52. The molecule has 0 atom stereocenters. The summed E-state index contributed by atoms with van der Waals surface area (Å²) in [5.74, 6) is -0.881. The van der Waals surface area contributed by atoms with Crippen LogP contribution in [-0.2, 0) is 0 Å². The molecule has 0 aliphatic rings. The molecule has 53 valence electrons. The Labute approximate surface area is 56.3 Å². The number of hydrogen-bond acceptors (Lipinski definition) is 0. The first-order valence-electron chi connectivity index (χ1n) is 2.65. The van der Waals surface area contributed by atoms with E-state index in [4.69, 9.17) is 0 Å². The van der Waals surface area contributed by atoms with Gasteiger partial charge in [0.1, 0.15) is 5.82 Å². The van der Waals surface area contributed by atoms with E-state index in [1.54, 1.807) is 0 Å². The van der Waals surface area contributed by atoms with Crippen LogP contribution in [0.3, 0.4) is 0 Å². The smallest absolute Gasteiger partial charge is 0.206 e. The predicted molar refractivity (Wildman–Crippen MR) is 30.2 cm³/mol. The average molecular weight is 145 g/mol. The van der Waals surface area contributed by atoms with Gasteiger partial charge in [0.2, 0.25) is 0 Å². The number of alkyl halides is 2. The molecule has 0 N–H and O–H groups in total. The fourth-order valence-corrected chi connectivity index (χ4v) is 0.592. The van der Waals surface area contributed by atoms with Crippen molar-refractivity contribution in [3.05, 3.63) is 35.6 Å². The molecule has 0 saturated heterocycles. The Balaban J connectivity index is 3.03. The van der Waals surface area contributed by atoms with Crippen LogP contribution < -0.4 is 0 Å². The third kappa shape index (κ3) is 1.29. The Morgan fingerprint density at radius 1 is 1.40 bits per heavy atom. The fraction of sp³-hybridized carbons (Fsp3) is 0.143. The molecule has 0 saturated carbocycles. The van der Waals surface area contributed by atoms with Gasteiger partial charge in [0.05, 0.1) is 5.56 Å². The van der Waals surface area contributed by atoms with Crippen molar-refractivity contribution in [1.29, 1.82) is 0 Å². The van der Waals surface area contributed by atoms with Crippen molar-refractivity contribution in [3.63, 3.8) is 0 Å². The molecule has 0 bridgehead atoms. The molecule has 0 heterocycles. The first-order valence-corrected chi connectivity index (χ1v) is 2.65. The highest BCUT2D eigenvalue weighted by atomic mass is 19.3. The van der Waals surface area contributed by atoms with Gasteiger partial charge >= 0.3 is 0 Å². The van der Waals surface area contributed by atoms with E-state index in [1.165, 1.54) is 6.07 Å². The van der Waals surface area contributed by atoms with Gasteiger partial charge in [-0.3, -0.25) is 0 Å². The molecule has 0 nitrogen and oxygen atoms in total. The maximum atomic E-state index is 12.3. The first-order chi connectivity index (χ1) is 4.72. The molecular weight excluding hydrogens is 141 g/mol. The normalized spacial score (nSPS) is 10.4. The van der Waals surface area contributed by atoms with Crippen LogP contribution in [0.1, 0.15) is 12.0 Å². The van der Waals surface area contributed by atoms with Crippen LogP contribution in [0.5, 0.6) is 0 Å². The summed E-state index contributed by atoms with van der Waals surface area (Å²) in [4.78, 5) is 0. The molecule has 0 fully saturated rings. The zero-order valence-corrected chi connectivity index (χ0v) is 4.94. The highest BCUT2D eigenvalue weighted by molar-refractivity contribution is 5.17. The van der Waals surface area contributed by atoms with Gasteiger partial charge in [-0.15, -0.1) is 0 Å². The van der Waals surface area contributed by atoms with Crippen LogP contribution >= 0.6 is 0 Å². The number of halogens is 3. The Hall–Kier alpha value is -0.990. The highest BCUT2D eigenvalue weighted by Crippen LogP contribution is 2.20. The number of hydrogen-bond donors (Lipinski definition) is 0. The minimum atomic E-state index is -2.75. The molecule has 0 amide bonds. The van der Waals surface area contributed by atoms with Gasteiger partial charge in [-0.25, -0.2) is 13.2 Å². The van der Waals surface area contributed by atoms with Crippen molar-refractivity contribution < 1.29 is 13.2 Å². The van der Waals surface area contributed by atoms with Crippen molar-refractivity contribution in [3.8, 4) is 0 Å². The van der Waals surface area contributed by atoms with E-state index in [9.17, 15) is 13.2 Å². The summed E-state index contributed by atoms with van der Waals surface area (Å²) in [5, 5.41) is 0. The van der Waals surface area contributed by atoms with E-state index in [-0.39, 0.29) is 0 Å². The lowest BCUT2D eigenvalue weighted by Gasteiger charge is -1.97. The second-order valence-electron chi connectivity index (χ2n) is 1.75. The summed E-state index contributed by atoms with van der Waals surface area (Å²) in [6.45, 7) is 0. The Morgan fingerprint density at radius 3 is 2.50 bits per heavy atom. The summed E-state index contributed by atoms with van der Waals surface area (Å²) in [5.41, 5.74) is -0.595. The molecule has 0 aliphatic carbocycles. The lowest BCUT2D eigenvalue weighted by atomic mass is 10.2. The molecule has 1 aromatic carbocycles. The van der Waals surface area contributed by atoms with Crippen molar-refractivity contribution in [2.45, 2.75) is 6.43 Å². The third-order valence-corrected chi connectivity index (χ3v) is 1.08. The number of rotatable bonds is 1. The molecule has 0 aliphatic heterocycles. The Kier molecular flexibility index (Phi) is 1.94. The van der Waals surface area contributed by atoms with Crippen molar-refractivity contribution in [1.82, 2.24) is 0 Å². The van der Waals surface area contributed by atoms with E-state index in [0.29, 0.717) is 0 Å². The summed E-state index contributed by atoms with van der Waals surface area (Å²) in [6.07, 6.45) is -2.75. The SMILES string of the molecule is Fc1cc[c]cc1C(F)F. The molecule has 10 heavy (non-hydrogen) atoms. The monoisotopic (exact) mass is 145 g/mol. The molecule has 1 radical (unpaired) electrons. The lowest BCUT2D eigenvalue weighted by molar-refractivity contribution is 0.146. The minimum absolute atomic E-state index is 0.595. The Morgan fingerprint density at radius 2 is 2.10 bits per heavy atom. The first kappa shape index (κ1) is 7.12. The van der Waals surface area contributed by atoms with Crippen molar-refractivity contribution in [2.75, 3.05) is 0 Å². The van der Waals surface area contributed by atoms with Crippen LogP contribution in [0, 0.1) is 11.9 Å². The largest absolute Gasteiger partial charge is 0.266 e. The van der Waals surface area contributed by atoms with Gasteiger partial charge in [0.25, 0.3) is 6.43 Å². The van der Waals surface area contributed by atoms with Crippen LogP contribution in [0.4, 0.5) is 13.2 Å². The summed E-state index contributed by atoms with van der Waals surface area (Å²) >= 11 is 0. The molecular formula is C7H4F3. The van der Waals surface area contributed by atoms with Crippen LogP contribution in [0.2, 0.25) is 0 Å². The minimum Gasteiger partial charge on any atom is -0.206 e. The van der Waals surface area contributed by atoms with E-state index in [0.717, 1.165) is 12.1 Å².